The van der Waals surface area contributed by atoms with Crippen LogP contribution >= 0.6 is 15.9 Å². The van der Waals surface area contributed by atoms with Gasteiger partial charge in [0.25, 0.3) is 5.91 Å². The smallest absolute Gasteiger partial charge is 0.277 e. The number of halogens is 1. The van der Waals surface area contributed by atoms with Crippen molar-refractivity contribution in [1.29, 1.82) is 0 Å². The Labute approximate surface area is 184 Å². The fourth-order valence-corrected chi connectivity index (χ4v) is 4.50. The van der Waals surface area contributed by atoms with Crippen LogP contribution in [0.15, 0.2) is 58.1 Å². The van der Waals surface area contributed by atoms with Crippen molar-refractivity contribution in [1.82, 2.24) is 5.43 Å². The minimum atomic E-state index is -0.324. The lowest BCUT2D eigenvalue weighted by atomic mass is 9.92. The molecule has 30 heavy (non-hydrogen) atoms. The first kappa shape index (κ1) is 20.4. The number of hydrogen-bond acceptors (Lipinski definition) is 4. The minimum absolute atomic E-state index is 0.110. The molecule has 3 aromatic carbocycles. The molecule has 4 rings (SSSR count). The van der Waals surface area contributed by atoms with E-state index in [1.807, 2.05) is 42.5 Å². The topological polar surface area (TPSA) is 59.9 Å². The monoisotopic (exact) mass is 466 g/mol. The molecule has 6 heteroatoms. The molecule has 1 aliphatic carbocycles. The van der Waals surface area contributed by atoms with Crippen molar-refractivity contribution in [3.63, 3.8) is 0 Å². The number of rotatable bonds is 6. The summed E-state index contributed by atoms with van der Waals surface area (Å²) in [6.07, 6.45) is 6.15. The van der Waals surface area contributed by atoms with Crippen LogP contribution in [-0.4, -0.2) is 25.8 Å². The van der Waals surface area contributed by atoms with Gasteiger partial charge in [0.15, 0.2) is 6.61 Å². The van der Waals surface area contributed by atoms with E-state index in [0.29, 0.717) is 11.5 Å². The molecule has 0 aliphatic heterocycles. The molecule has 5 nitrogen and oxygen atoms in total. The van der Waals surface area contributed by atoms with Crippen molar-refractivity contribution < 1.29 is 14.3 Å². The van der Waals surface area contributed by atoms with E-state index < -0.39 is 0 Å². The summed E-state index contributed by atoms with van der Waals surface area (Å²) < 4.78 is 12.1. The Balaban J connectivity index is 1.41. The molecule has 0 fully saturated rings. The van der Waals surface area contributed by atoms with Gasteiger partial charge in [0, 0.05) is 5.56 Å². The highest BCUT2D eigenvalue weighted by atomic mass is 79.9. The molecule has 0 aromatic heterocycles. The zero-order valence-electron chi connectivity index (χ0n) is 16.8. The molecule has 0 bridgehead atoms. The molecule has 0 heterocycles. The first-order chi connectivity index (χ1) is 14.7. The third kappa shape index (κ3) is 4.33. The second-order valence-electron chi connectivity index (χ2n) is 7.21. The van der Waals surface area contributed by atoms with Gasteiger partial charge in [-0.15, -0.1) is 0 Å². The lowest BCUT2D eigenvalue weighted by Crippen LogP contribution is -2.24. The molecule has 0 atom stereocenters. The van der Waals surface area contributed by atoms with Gasteiger partial charge in [-0.1, -0.05) is 36.4 Å². The van der Waals surface area contributed by atoms with Crippen LogP contribution in [-0.2, 0) is 17.6 Å². The summed E-state index contributed by atoms with van der Waals surface area (Å²) >= 11 is 3.64. The fourth-order valence-electron chi connectivity index (χ4n) is 3.80. The number of hydrogen-bond donors (Lipinski definition) is 1. The lowest BCUT2D eigenvalue weighted by Gasteiger charge is -2.19. The number of benzene rings is 3. The Hall–Kier alpha value is -2.86. The first-order valence-electron chi connectivity index (χ1n) is 9.98. The second-order valence-corrected chi connectivity index (χ2v) is 8.00. The van der Waals surface area contributed by atoms with Crippen LogP contribution in [0.2, 0.25) is 0 Å². The summed E-state index contributed by atoms with van der Waals surface area (Å²) in [7, 11) is 1.62. The van der Waals surface area contributed by atoms with E-state index in [0.717, 1.165) is 33.7 Å². The van der Waals surface area contributed by atoms with Gasteiger partial charge in [-0.3, -0.25) is 4.79 Å². The Bertz CT molecular complexity index is 1110. The van der Waals surface area contributed by atoms with Gasteiger partial charge >= 0.3 is 0 Å². The molecule has 0 spiro atoms. The Morgan fingerprint density at radius 3 is 2.77 bits per heavy atom. The van der Waals surface area contributed by atoms with Crippen LogP contribution in [0.5, 0.6) is 11.5 Å². The average molecular weight is 467 g/mol. The molecule has 0 saturated carbocycles. The van der Waals surface area contributed by atoms with Crippen LogP contribution in [0, 0.1) is 0 Å². The molecule has 1 aliphatic rings. The Morgan fingerprint density at radius 2 is 1.90 bits per heavy atom. The quantitative estimate of drug-likeness (QED) is 0.409. The molecule has 1 N–H and O–H groups in total. The molecule has 1 amide bonds. The molecule has 3 aromatic rings. The van der Waals surface area contributed by atoms with Crippen molar-refractivity contribution >= 4 is 38.8 Å². The Kier molecular flexibility index (Phi) is 6.33. The van der Waals surface area contributed by atoms with Crippen LogP contribution in [0.1, 0.15) is 29.5 Å². The molecular weight excluding hydrogens is 444 g/mol. The van der Waals surface area contributed by atoms with Crippen molar-refractivity contribution in [3.05, 3.63) is 69.7 Å². The summed E-state index contributed by atoms with van der Waals surface area (Å²) in [4.78, 5) is 12.2. The normalized spacial score (nSPS) is 13.3. The zero-order valence-corrected chi connectivity index (χ0v) is 18.4. The number of amides is 1. The van der Waals surface area contributed by atoms with Crippen LogP contribution in [0.25, 0.3) is 10.8 Å². The fraction of sp³-hybridized carbons (Fsp3) is 0.250. The van der Waals surface area contributed by atoms with Gasteiger partial charge in [0.2, 0.25) is 0 Å². The maximum Gasteiger partial charge on any atom is 0.277 e. The third-order valence-electron chi connectivity index (χ3n) is 5.32. The van der Waals surface area contributed by atoms with Crippen LogP contribution in [0.3, 0.4) is 0 Å². The summed E-state index contributed by atoms with van der Waals surface area (Å²) in [6.45, 7) is -0.110. The summed E-state index contributed by atoms with van der Waals surface area (Å²) in [5.41, 5.74) is 6.00. The highest BCUT2D eigenvalue weighted by molar-refractivity contribution is 9.10. The van der Waals surface area contributed by atoms with Crippen molar-refractivity contribution in [2.24, 2.45) is 5.10 Å². The third-order valence-corrected chi connectivity index (χ3v) is 6.19. The Morgan fingerprint density at radius 1 is 1.10 bits per heavy atom. The zero-order chi connectivity index (χ0) is 20.9. The predicted octanol–water partition coefficient (Wildman–Crippen LogP) is 5.02. The molecule has 0 unspecified atom stereocenters. The number of carbonyl (C=O) groups is 1. The van der Waals surface area contributed by atoms with E-state index in [1.54, 1.807) is 13.3 Å². The number of aryl methyl sites for hydroxylation is 1. The second kappa shape index (κ2) is 9.30. The van der Waals surface area contributed by atoms with Gasteiger partial charge in [-0.25, -0.2) is 5.43 Å². The largest absolute Gasteiger partial charge is 0.496 e. The SMILES string of the molecule is COc1ccc2ccccc2c1/C=N/NC(=O)COc1ccc2c(c1Br)CCCC2. The number of carbonyl (C=O) groups excluding carboxylic acids is 1. The minimum Gasteiger partial charge on any atom is -0.496 e. The molecule has 0 radical (unpaired) electrons. The standard InChI is InChI=1S/C24H23BrN2O3/c1-29-21-12-10-16-6-2-4-8-18(16)20(21)14-26-27-23(28)15-30-22-13-11-17-7-3-5-9-19(17)24(22)25/h2,4,6,8,10-14H,3,5,7,9,15H2,1H3,(H,27,28)/b26-14+. The molecule has 0 saturated heterocycles. The van der Waals surface area contributed by atoms with E-state index in [1.165, 1.54) is 24.0 Å². The van der Waals surface area contributed by atoms with E-state index in [2.05, 4.69) is 32.5 Å². The van der Waals surface area contributed by atoms with Crippen LogP contribution < -0.4 is 14.9 Å². The maximum atomic E-state index is 12.2. The van der Waals surface area contributed by atoms with Crippen molar-refractivity contribution in [2.75, 3.05) is 13.7 Å². The van der Waals surface area contributed by atoms with Gasteiger partial charge in [-0.2, -0.15) is 5.10 Å². The number of fused-ring (bicyclic) bond motifs is 2. The predicted molar refractivity (Wildman–Crippen MR) is 123 cm³/mol. The van der Waals surface area contributed by atoms with Crippen molar-refractivity contribution in [3.8, 4) is 11.5 Å². The molecular formula is C24H23BrN2O3. The van der Waals surface area contributed by atoms with E-state index in [-0.39, 0.29) is 12.5 Å². The van der Waals surface area contributed by atoms with E-state index in [4.69, 9.17) is 9.47 Å². The van der Waals surface area contributed by atoms with E-state index in [9.17, 15) is 4.79 Å². The van der Waals surface area contributed by atoms with E-state index >= 15 is 0 Å². The summed E-state index contributed by atoms with van der Waals surface area (Å²) in [5, 5.41) is 6.19. The number of nitrogens with one attached hydrogen (secondary N) is 1. The first-order valence-corrected chi connectivity index (χ1v) is 10.8. The van der Waals surface area contributed by atoms with Crippen LogP contribution in [0.4, 0.5) is 0 Å². The highest BCUT2D eigenvalue weighted by Crippen LogP contribution is 2.35. The number of hydrazone groups is 1. The highest BCUT2D eigenvalue weighted by Gasteiger charge is 2.16. The average Bonchev–Trinajstić information content (AvgIpc) is 2.79. The maximum absolute atomic E-state index is 12.2. The van der Waals surface area contributed by atoms with Crippen molar-refractivity contribution in [2.45, 2.75) is 25.7 Å². The number of ether oxygens (including phenoxy) is 2. The summed E-state index contributed by atoms with van der Waals surface area (Å²) in [6, 6.07) is 15.9. The van der Waals surface area contributed by atoms with Gasteiger partial charge < -0.3 is 9.47 Å². The van der Waals surface area contributed by atoms with Gasteiger partial charge in [0.1, 0.15) is 11.5 Å². The molecule has 154 valence electrons. The lowest BCUT2D eigenvalue weighted by molar-refractivity contribution is -0.123. The van der Waals surface area contributed by atoms with Gasteiger partial charge in [-0.05, 0) is 75.6 Å². The number of methoxy groups -OCH3 is 1. The summed E-state index contributed by atoms with van der Waals surface area (Å²) in [5.74, 6) is 1.06. The number of nitrogens with zero attached hydrogens (tertiary/aromatic N) is 1. The van der Waals surface area contributed by atoms with Gasteiger partial charge in [0.05, 0.1) is 17.8 Å².